The third-order valence-corrected chi connectivity index (χ3v) is 1.61. The standard InChI is InChI=1S/C10H7O2/c1-2-8-3-4-9-10(7-8)12-6-5-11-9/h2-4,6-7H,1H2. The van der Waals surface area contributed by atoms with Crippen molar-refractivity contribution in [3.8, 4) is 11.5 Å². The van der Waals surface area contributed by atoms with Gasteiger partial charge in [0.05, 0.1) is 0 Å². The summed E-state index contributed by atoms with van der Waals surface area (Å²) in [6, 6.07) is 5.59. The summed E-state index contributed by atoms with van der Waals surface area (Å²) in [5, 5.41) is 0. The maximum atomic E-state index is 5.16. The Morgan fingerprint density at radius 3 is 3.08 bits per heavy atom. The van der Waals surface area contributed by atoms with Crippen LogP contribution in [0.3, 0.4) is 0 Å². The summed E-state index contributed by atoms with van der Waals surface area (Å²) in [6.07, 6.45) is 5.65. The van der Waals surface area contributed by atoms with Crippen molar-refractivity contribution >= 4 is 6.08 Å². The number of hydrogen-bond donors (Lipinski definition) is 0. The largest absolute Gasteiger partial charge is 0.457 e. The summed E-state index contributed by atoms with van der Waals surface area (Å²) >= 11 is 0. The van der Waals surface area contributed by atoms with Crippen molar-refractivity contribution in [3.05, 3.63) is 42.9 Å². The smallest absolute Gasteiger partial charge is 0.208 e. The highest BCUT2D eigenvalue weighted by atomic mass is 16.5. The molecule has 0 saturated heterocycles. The van der Waals surface area contributed by atoms with Crippen LogP contribution in [0.5, 0.6) is 11.5 Å². The molecule has 2 heteroatoms. The minimum absolute atomic E-state index is 0.683. The van der Waals surface area contributed by atoms with Crippen molar-refractivity contribution in [2.75, 3.05) is 0 Å². The molecule has 0 bridgehead atoms. The van der Waals surface area contributed by atoms with Crippen LogP contribution in [0.4, 0.5) is 0 Å². The summed E-state index contributed by atoms with van der Waals surface area (Å²) in [7, 11) is 0. The minimum Gasteiger partial charge on any atom is -0.457 e. The van der Waals surface area contributed by atoms with E-state index in [2.05, 4.69) is 12.8 Å². The van der Waals surface area contributed by atoms with E-state index in [-0.39, 0.29) is 0 Å². The molecule has 1 aliphatic rings. The van der Waals surface area contributed by atoms with Gasteiger partial charge in [0.2, 0.25) is 6.26 Å². The van der Waals surface area contributed by atoms with E-state index >= 15 is 0 Å². The lowest BCUT2D eigenvalue weighted by Gasteiger charge is -2.11. The van der Waals surface area contributed by atoms with Crippen LogP contribution in [0.15, 0.2) is 31.0 Å². The lowest BCUT2D eigenvalue weighted by Crippen LogP contribution is -1.96. The van der Waals surface area contributed by atoms with Crippen molar-refractivity contribution in [1.29, 1.82) is 0 Å². The second-order valence-corrected chi connectivity index (χ2v) is 2.37. The number of fused-ring (bicyclic) bond motifs is 1. The second-order valence-electron chi connectivity index (χ2n) is 2.37. The Bertz CT molecular complexity index is 340. The molecule has 1 aliphatic heterocycles. The van der Waals surface area contributed by atoms with Crippen LogP contribution in [0.25, 0.3) is 6.08 Å². The molecule has 59 valence electrons. The van der Waals surface area contributed by atoms with Gasteiger partial charge in [-0.15, -0.1) is 0 Å². The first-order chi connectivity index (χ1) is 5.90. The van der Waals surface area contributed by atoms with Crippen molar-refractivity contribution in [2.24, 2.45) is 0 Å². The second kappa shape index (κ2) is 2.74. The molecular formula is C10H7O2. The van der Waals surface area contributed by atoms with Gasteiger partial charge in [0.15, 0.2) is 11.5 Å². The Hall–Kier alpha value is -1.70. The molecule has 0 aliphatic carbocycles. The Labute approximate surface area is 70.7 Å². The third-order valence-electron chi connectivity index (χ3n) is 1.61. The van der Waals surface area contributed by atoms with Crippen LogP contribution in [-0.2, 0) is 0 Å². The molecule has 0 amide bonds. The fraction of sp³-hybridized carbons (Fsp3) is 0. The molecule has 1 radical (unpaired) electrons. The van der Waals surface area contributed by atoms with Gasteiger partial charge in [0, 0.05) is 0 Å². The molecule has 1 aromatic carbocycles. The molecule has 0 N–H and O–H groups in total. The summed E-state index contributed by atoms with van der Waals surface area (Å²) in [4.78, 5) is 0. The Morgan fingerprint density at radius 2 is 2.25 bits per heavy atom. The molecule has 0 saturated carbocycles. The number of hydrogen-bond acceptors (Lipinski definition) is 2. The highest BCUT2D eigenvalue weighted by Gasteiger charge is 2.07. The van der Waals surface area contributed by atoms with Gasteiger partial charge in [0.1, 0.15) is 6.26 Å². The monoisotopic (exact) mass is 159 g/mol. The predicted octanol–water partition coefficient (Wildman–Crippen LogP) is 2.38. The first-order valence-electron chi connectivity index (χ1n) is 3.57. The molecule has 2 nitrogen and oxygen atoms in total. The van der Waals surface area contributed by atoms with E-state index in [1.54, 1.807) is 6.08 Å². The number of rotatable bonds is 1. The topological polar surface area (TPSA) is 18.5 Å². The fourth-order valence-corrected chi connectivity index (χ4v) is 1.00. The molecule has 0 aromatic heterocycles. The Kier molecular flexibility index (Phi) is 1.59. The summed E-state index contributed by atoms with van der Waals surface area (Å²) in [5.74, 6) is 1.38. The van der Waals surface area contributed by atoms with E-state index in [4.69, 9.17) is 9.47 Å². The van der Waals surface area contributed by atoms with Gasteiger partial charge >= 0.3 is 0 Å². The fourth-order valence-electron chi connectivity index (χ4n) is 1.00. The van der Waals surface area contributed by atoms with Crippen molar-refractivity contribution < 1.29 is 9.47 Å². The maximum absolute atomic E-state index is 5.16. The lowest BCUT2D eigenvalue weighted by atomic mass is 10.2. The molecule has 1 aromatic rings. The predicted molar refractivity (Wildman–Crippen MR) is 45.6 cm³/mol. The van der Waals surface area contributed by atoms with Gasteiger partial charge in [-0.25, -0.2) is 0 Å². The van der Waals surface area contributed by atoms with Crippen molar-refractivity contribution in [2.45, 2.75) is 0 Å². The van der Waals surface area contributed by atoms with Crippen LogP contribution in [0.2, 0.25) is 0 Å². The molecule has 1 heterocycles. The Balaban J connectivity index is 2.46. The van der Waals surface area contributed by atoms with E-state index in [1.165, 1.54) is 6.26 Å². The third kappa shape index (κ3) is 1.07. The van der Waals surface area contributed by atoms with Gasteiger partial charge in [0.25, 0.3) is 0 Å². The molecular weight excluding hydrogens is 152 g/mol. The molecule has 0 unspecified atom stereocenters. The van der Waals surface area contributed by atoms with Gasteiger partial charge in [-0.2, -0.15) is 0 Å². The quantitative estimate of drug-likeness (QED) is 0.626. The molecule has 0 atom stereocenters. The number of benzene rings is 1. The first-order valence-corrected chi connectivity index (χ1v) is 3.57. The van der Waals surface area contributed by atoms with Crippen LogP contribution in [-0.4, -0.2) is 0 Å². The lowest BCUT2D eigenvalue weighted by molar-refractivity contribution is 0.343. The number of ether oxygens (including phenoxy) is 2. The molecule has 2 rings (SSSR count). The highest BCUT2D eigenvalue weighted by Crippen LogP contribution is 2.30. The first kappa shape index (κ1) is 6.98. The van der Waals surface area contributed by atoms with E-state index in [0.29, 0.717) is 11.5 Å². The van der Waals surface area contributed by atoms with Crippen molar-refractivity contribution in [3.63, 3.8) is 0 Å². The zero-order chi connectivity index (χ0) is 8.39. The van der Waals surface area contributed by atoms with Crippen LogP contribution >= 0.6 is 0 Å². The zero-order valence-electron chi connectivity index (χ0n) is 6.41. The van der Waals surface area contributed by atoms with E-state index in [9.17, 15) is 0 Å². The minimum atomic E-state index is 0.683. The van der Waals surface area contributed by atoms with Gasteiger partial charge in [-0.05, 0) is 17.7 Å². The van der Waals surface area contributed by atoms with E-state index in [0.717, 1.165) is 5.56 Å². The molecule has 0 spiro atoms. The van der Waals surface area contributed by atoms with Gasteiger partial charge in [-0.3, -0.25) is 0 Å². The van der Waals surface area contributed by atoms with Gasteiger partial charge < -0.3 is 9.47 Å². The van der Waals surface area contributed by atoms with E-state index in [1.807, 2.05) is 18.2 Å². The van der Waals surface area contributed by atoms with Crippen molar-refractivity contribution in [1.82, 2.24) is 0 Å². The van der Waals surface area contributed by atoms with Crippen LogP contribution in [0.1, 0.15) is 5.56 Å². The average molecular weight is 159 g/mol. The maximum Gasteiger partial charge on any atom is 0.208 e. The summed E-state index contributed by atoms with van der Waals surface area (Å²) < 4.78 is 10.2. The average Bonchev–Trinajstić information content (AvgIpc) is 2.17. The highest BCUT2D eigenvalue weighted by molar-refractivity contribution is 5.55. The summed E-state index contributed by atoms with van der Waals surface area (Å²) in [6.45, 7) is 3.66. The molecule has 0 fully saturated rings. The summed E-state index contributed by atoms with van der Waals surface area (Å²) in [5.41, 5.74) is 1.01. The zero-order valence-corrected chi connectivity index (χ0v) is 6.41. The molecule has 12 heavy (non-hydrogen) atoms. The SMILES string of the molecule is C=Cc1ccc2c(c1)OC=[C]O2. The normalized spacial score (nSPS) is 12.7. The Morgan fingerprint density at radius 1 is 1.33 bits per heavy atom. The van der Waals surface area contributed by atoms with Crippen LogP contribution in [0, 0.1) is 6.26 Å². The van der Waals surface area contributed by atoms with E-state index < -0.39 is 0 Å². The van der Waals surface area contributed by atoms with Gasteiger partial charge in [-0.1, -0.05) is 18.7 Å². The van der Waals surface area contributed by atoms with Crippen LogP contribution < -0.4 is 9.47 Å².